The largest absolute Gasteiger partial charge is 0.462 e. The monoisotopic (exact) mass is 1030 g/mol. The smallest absolute Gasteiger partial charge is 0.309 e. The van der Waals surface area contributed by atoms with Crippen molar-refractivity contribution in [2.75, 3.05) is 13.2 Å². The predicted octanol–water partition coefficient (Wildman–Crippen LogP) is 20.8. The van der Waals surface area contributed by atoms with Gasteiger partial charge in [-0.15, -0.1) is 0 Å². The van der Waals surface area contributed by atoms with E-state index in [9.17, 15) is 14.4 Å². The Morgan fingerprint density at radius 2 is 0.600 bits per heavy atom. The van der Waals surface area contributed by atoms with Crippen LogP contribution in [0.4, 0.5) is 0 Å². The van der Waals surface area contributed by atoms with Crippen molar-refractivity contribution >= 4 is 17.9 Å². The van der Waals surface area contributed by atoms with E-state index in [0.29, 0.717) is 12.8 Å². The van der Waals surface area contributed by atoms with E-state index in [1.54, 1.807) is 6.08 Å². The van der Waals surface area contributed by atoms with E-state index in [0.717, 1.165) is 89.9 Å². The molecule has 0 aromatic carbocycles. The van der Waals surface area contributed by atoms with Crippen LogP contribution in [0.1, 0.15) is 252 Å². The maximum absolute atomic E-state index is 12.8. The average Bonchev–Trinajstić information content (AvgIpc) is 3.41. The second kappa shape index (κ2) is 61.8. The van der Waals surface area contributed by atoms with Gasteiger partial charge in [0.15, 0.2) is 6.10 Å². The van der Waals surface area contributed by atoms with E-state index < -0.39 is 18.0 Å². The molecule has 0 aliphatic carbocycles. The van der Waals surface area contributed by atoms with Gasteiger partial charge in [0, 0.05) is 12.8 Å². The zero-order chi connectivity index (χ0) is 54.3. The number of carbonyl (C=O) groups excluding carboxylic acids is 3. The SMILES string of the molecule is CC/C=C\C/C=C\C/C=C\C/C=C\C/C=C\C/C=C\CCC(=O)OC(COC(=O)C/C=C\C/C=C\C/C=C\C/C=C\C/C=C\CC)COC(=O)CCCCCCCCCCCCC/C=C\CCCCCCCCCC. The zero-order valence-electron chi connectivity index (χ0n) is 48.3. The quantitative estimate of drug-likeness (QED) is 0.0261. The Morgan fingerprint density at radius 1 is 0.293 bits per heavy atom. The fourth-order valence-corrected chi connectivity index (χ4v) is 7.89. The molecule has 0 aromatic rings. The highest BCUT2D eigenvalue weighted by molar-refractivity contribution is 5.72. The Bertz CT molecular complexity index is 1660. The molecule has 0 aliphatic rings. The standard InChI is InChI=1S/C69H110O6/c1-4-7-10-13-16-19-22-25-28-30-32-33-34-35-37-38-41-44-47-50-53-56-59-62-68(71)74-65-66(64-73-67(70)61-58-55-52-49-46-43-40-27-24-21-18-15-12-9-6-3)75-69(72)63-60-57-54-51-48-45-42-39-36-31-29-26-23-20-17-14-11-8-5-2/h8-9,11-12,17-18,20-21,26-27,29-30,32,36,39-40,45-46,48-49,54-55,57-58,66H,4-7,10,13-16,19,22-25,28,31,33-35,37-38,41-44,47,50-53,56,59-65H2,1-3H3/b11-8-,12-9-,20-17-,21-18-,29-26-,32-30-,39-36-,40-27-,48-45-,49-46-,57-54-,58-55-. The number of hydrogen-bond donors (Lipinski definition) is 0. The summed E-state index contributed by atoms with van der Waals surface area (Å²) in [6, 6.07) is 0. The molecule has 1 unspecified atom stereocenters. The van der Waals surface area contributed by atoms with Gasteiger partial charge in [-0.2, -0.15) is 0 Å². The van der Waals surface area contributed by atoms with E-state index in [-0.39, 0.29) is 32.0 Å². The van der Waals surface area contributed by atoms with Crippen molar-refractivity contribution < 1.29 is 28.6 Å². The minimum Gasteiger partial charge on any atom is -0.462 e. The first-order valence-corrected chi connectivity index (χ1v) is 30.3. The van der Waals surface area contributed by atoms with Crippen LogP contribution in [0, 0.1) is 0 Å². The molecule has 0 fully saturated rings. The molecule has 1 atom stereocenters. The van der Waals surface area contributed by atoms with Gasteiger partial charge in [0.25, 0.3) is 0 Å². The van der Waals surface area contributed by atoms with Crippen LogP contribution >= 0.6 is 0 Å². The van der Waals surface area contributed by atoms with Crippen LogP contribution in [-0.2, 0) is 28.6 Å². The number of hydrogen-bond acceptors (Lipinski definition) is 6. The summed E-state index contributed by atoms with van der Waals surface area (Å²) >= 11 is 0. The van der Waals surface area contributed by atoms with Gasteiger partial charge in [0.05, 0.1) is 6.42 Å². The van der Waals surface area contributed by atoms with Gasteiger partial charge < -0.3 is 14.2 Å². The van der Waals surface area contributed by atoms with Gasteiger partial charge in [0.2, 0.25) is 0 Å². The second-order valence-corrected chi connectivity index (χ2v) is 19.5. The summed E-state index contributed by atoms with van der Waals surface area (Å²) in [6.45, 7) is 6.26. The first-order chi connectivity index (χ1) is 37.0. The maximum Gasteiger partial charge on any atom is 0.309 e. The van der Waals surface area contributed by atoms with Crippen LogP contribution < -0.4 is 0 Å². The third-order valence-corrected chi connectivity index (χ3v) is 12.4. The Balaban J connectivity index is 4.54. The Morgan fingerprint density at radius 3 is 0.987 bits per heavy atom. The van der Waals surface area contributed by atoms with Crippen LogP contribution in [-0.4, -0.2) is 37.2 Å². The number of allylic oxidation sites excluding steroid dienone is 23. The van der Waals surface area contributed by atoms with Gasteiger partial charge in [-0.1, -0.05) is 269 Å². The van der Waals surface area contributed by atoms with E-state index in [4.69, 9.17) is 14.2 Å². The fourth-order valence-electron chi connectivity index (χ4n) is 7.89. The minimum atomic E-state index is -0.866. The highest BCUT2D eigenvalue weighted by Gasteiger charge is 2.19. The number of ether oxygens (including phenoxy) is 3. The molecule has 0 saturated carbocycles. The summed E-state index contributed by atoms with van der Waals surface area (Å²) in [4.78, 5) is 38.1. The third-order valence-electron chi connectivity index (χ3n) is 12.4. The van der Waals surface area contributed by atoms with Crippen LogP contribution in [0.2, 0.25) is 0 Å². The summed E-state index contributed by atoms with van der Waals surface area (Å²) in [5.41, 5.74) is 0. The number of rotatable bonds is 53. The minimum absolute atomic E-state index is 0.105. The summed E-state index contributed by atoms with van der Waals surface area (Å²) in [6.07, 6.45) is 88.9. The molecular formula is C69H110O6. The van der Waals surface area contributed by atoms with Crippen molar-refractivity contribution in [3.63, 3.8) is 0 Å². The summed E-state index contributed by atoms with van der Waals surface area (Å²) in [5, 5.41) is 0. The molecule has 75 heavy (non-hydrogen) atoms. The molecule has 0 saturated heterocycles. The molecule has 0 N–H and O–H groups in total. The molecule has 0 aromatic heterocycles. The Labute approximate surface area is 461 Å². The maximum atomic E-state index is 12.8. The fraction of sp³-hybridized carbons (Fsp3) is 0.609. The van der Waals surface area contributed by atoms with E-state index >= 15 is 0 Å². The molecule has 0 amide bonds. The first kappa shape index (κ1) is 70.3. The summed E-state index contributed by atoms with van der Waals surface area (Å²) in [5.74, 6) is -1.17. The second-order valence-electron chi connectivity index (χ2n) is 19.5. The number of esters is 3. The zero-order valence-corrected chi connectivity index (χ0v) is 48.3. The summed E-state index contributed by atoms with van der Waals surface area (Å²) < 4.78 is 16.7. The lowest BCUT2D eigenvalue weighted by Crippen LogP contribution is -2.30. The number of unbranched alkanes of at least 4 members (excludes halogenated alkanes) is 19. The van der Waals surface area contributed by atoms with Gasteiger partial charge in [-0.25, -0.2) is 0 Å². The third kappa shape index (κ3) is 60.0. The normalized spacial score (nSPS) is 13.2. The van der Waals surface area contributed by atoms with Crippen molar-refractivity contribution in [1.82, 2.24) is 0 Å². The van der Waals surface area contributed by atoms with Crippen LogP contribution in [0.5, 0.6) is 0 Å². The topological polar surface area (TPSA) is 78.9 Å². The Hall–Kier alpha value is -4.71. The molecule has 6 nitrogen and oxygen atoms in total. The summed E-state index contributed by atoms with van der Waals surface area (Å²) in [7, 11) is 0. The molecule has 0 spiro atoms. The molecule has 0 aliphatic heterocycles. The molecule has 0 bridgehead atoms. The molecule has 0 heterocycles. The highest BCUT2D eigenvalue weighted by atomic mass is 16.6. The van der Waals surface area contributed by atoms with E-state index in [1.807, 2.05) is 18.2 Å². The van der Waals surface area contributed by atoms with Crippen molar-refractivity contribution in [3.05, 3.63) is 146 Å². The van der Waals surface area contributed by atoms with Crippen molar-refractivity contribution in [2.24, 2.45) is 0 Å². The van der Waals surface area contributed by atoms with E-state index in [2.05, 4.69) is 142 Å². The number of carbonyl (C=O) groups is 3. The lowest BCUT2D eigenvalue weighted by atomic mass is 10.0. The van der Waals surface area contributed by atoms with Gasteiger partial charge in [0.1, 0.15) is 13.2 Å². The van der Waals surface area contributed by atoms with Gasteiger partial charge in [-0.05, 0) is 109 Å². The van der Waals surface area contributed by atoms with Crippen LogP contribution in [0.15, 0.2) is 146 Å². The van der Waals surface area contributed by atoms with Crippen molar-refractivity contribution in [2.45, 2.75) is 258 Å². The molecular weight excluding hydrogens is 925 g/mol. The molecule has 0 radical (unpaired) electrons. The van der Waals surface area contributed by atoms with Crippen molar-refractivity contribution in [1.29, 1.82) is 0 Å². The van der Waals surface area contributed by atoms with Crippen LogP contribution in [0.25, 0.3) is 0 Å². The van der Waals surface area contributed by atoms with Crippen LogP contribution in [0.3, 0.4) is 0 Å². The van der Waals surface area contributed by atoms with E-state index in [1.165, 1.54) is 116 Å². The average molecular weight is 1040 g/mol. The highest BCUT2D eigenvalue weighted by Crippen LogP contribution is 2.15. The Kier molecular flexibility index (Phi) is 58.0. The van der Waals surface area contributed by atoms with Gasteiger partial charge >= 0.3 is 17.9 Å². The lowest BCUT2D eigenvalue weighted by molar-refractivity contribution is -0.166. The lowest BCUT2D eigenvalue weighted by Gasteiger charge is -2.18. The van der Waals surface area contributed by atoms with Gasteiger partial charge in [-0.3, -0.25) is 14.4 Å². The predicted molar refractivity (Wildman–Crippen MR) is 325 cm³/mol. The first-order valence-electron chi connectivity index (χ1n) is 30.3. The molecule has 6 heteroatoms. The molecule has 422 valence electrons. The van der Waals surface area contributed by atoms with Crippen molar-refractivity contribution in [3.8, 4) is 0 Å². The molecule has 0 rings (SSSR count).